The van der Waals surface area contributed by atoms with Crippen molar-refractivity contribution in [3.05, 3.63) is 35.9 Å². The van der Waals surface area contributed by atoms with Crippen molar-refractivity contribution in [3.8, 4) is 0 Å². The van der Waals surface area contributed by atoms with E-state index in [4.69, 9.17) is 5.73 Å². The van der Waals surface area contributed by atoms with Crippen molar-refractivity contribution in [2.75, 3.05) is 0 Å². The molecule has 0 heterocycles. The van der Waals surface area contributed by atoms with Gasteiger partial charge in [0.05, 0.1) is 0 Å². The Labute approximate surface area is 125 Å². The van der Waals surface area contributed by atoms with Crippen LogP contribution in [0.2, 0.25) is 0 Å². The van der Waals surface area contributed by atoms with Gasteiger partial charge >= 0.3 is 5.97 Å². The number of benzene rings is 1. The number of carboxylic acid groups (broad SMARTS) is 1. The smallest absolute Gasteiger partial charge is 0.326 e. The van der Waals surface area contributed by atoms with Crippen molar-refractivity contribution in [2.45, 2.75) is 45.7 Å². The van der Waals surface area contributed by atoms with E-state index in [2.05, 4.69) is 5.32 Å². The van der Waals surface area contributed by atoms with Crippen molar-refractivity contribution in [1.82, 2.24) is 5.32 Å². The van der Waals surface area contributed by atoms with Crippen molar-refractivity contribution in [1.29, 1.82) is 0 Å². The molecule has 2 atom stereocenters. The zero-order chi connectivity index (χ0) is 16.0. The molecule has 1 aromatic carbocycles. The minimum Gasteiger partial charge on any atom is -0.480 e. The zero-order valence-electron chi connectivity index (χ0n) is 12.8. The minimum atomic E-state index is -1.04. The number of hydrogen-bond donors (Lipinski definition) is 3. The van der Waals surface area contributed by atoms with Gasteiger partial charge in [-0.05, 0) is 11.0 Å². The summed E-state index contributed by atoms with van der Waals surface area (Å²) in [6.45, 7) is 5.84. The van der Waals surface area contributed by atoms with Gasteiger partial charge in [0.1, 0.15) is 6.04 Å². The molecule has 0 aliphatic carbocycles. The highest BCUT2D eigenvalue weighted by molar-refractivity contribution is 5.84. The number of amides is 1. The summed E-state index contributed by atoms with van der Waals surface area (Å²) < 4.78 is 0. The van der Waals surface area contributed by atoms with Crippen LogP contribution in [0, 0.1) is 5.41 Å². The van der Waals surface area contributed by atoms with Gasteiger partial charge < -0.3 is 16.2 Å². The number of nitrogens with two attached hydrogens (primary N) is 1. The molecule has 1 amide bonds. The Kier molecular flexibility index (Phi) is 5.90. The van der Waals surface area contributed by atoms with Gasteiger partial charge in [-0.2, -0.15) is 0 Å². The maximum atomic E-state index is 12.0. The predicted molar refractivity (Wildman–Crippen MR) is 81.8 cm³/mol. The van der Waals surface area contributed by atoms with E-state index in [0.717, 1.165) is 5.56 Å². The number of carbonyl (C=O) groups excluding carboxylic acids is 1. The highest BCUT2D eigenvalue weighted by Gasteiger charge is 2.26. The van der Waals surface area contributed by atoms with Crippen LogP contribution in [0.4, 0.5) is 0 Å². The molecule has 0 saturated heterocycles. The highest BCUT2D eigenvalue weighted by atomic mass is 16.4. The summed E-state index contributed by atoms with van der Waals surface area (Å²) in [5.74, 6) is -1.38. The highest BCUT2D eigenvalue weighted by Crippen LogP contribution is 2.19. The van der Waals surface area contributed by atoms with E-state index < -0.39 is 12.0 Å². The second-order valence-corrected chi connectivity index (χ2v) is 6.32. The van der Waals surface area contributed by atoms with Gasteiger partial charge in [0.2, 0.25) is 5.91 Å². The van der Waals surface area contributed by atoms with Crippen LogP contribution in [0.5, 0.6) is 0 Å². The standard InChI is InChI=1S/C16H24N2O3/c1-16(2,3)13(17)10-14(19)18-12(15(20)21)9-11-7-5-4-6-8-11/h4-8,12-13H,9-10,17H2,1-3H3,(H,18,19)(H,20,21)/t12-,13?/m0/s1. The topological polar surface area (TPSA) is 92.4 Å². The maximum absolute atomic E-state index is 12.0. The van der Waals surface area contributed by atoms with E-state index in [1.165, 1.54) is 0 Å². The molecule has 1 unspecified atom stereocenters. The van der Waals surface area contributed by atoms with Crippen LogP contribution < -0.4 is 11.1 Å². The number of rotatable bonds is 6. The van der Waals surface area contributed by atoms with Crippen molar-refractivity contribution in [2.24, 2.45) is 11.1 Å². The van der Waals surface area contributed by atoms with E-state index >= 15 is 0 Å². The van der Waals surface area contributed by atoms with Crippen LogP contribution >= 0.6 is 0 Å². The van der Waals surface area contributed by atoms with Gasteiger partial charge in [0.25, 0.3) is 0 Å². The number of nitrogens with one attached hydrogen (secondary N) is 1. The number of hydrogen-bond acceptors (Lipinski definition) is 3. The van der Waals surface area contributed by atoms with Gasteiger partial charge in [0.15, 0.2) is 0 Å². The van der Waals surface area contributed by atoms with Gasteiger partial charge in [-0.3, -0.25) is 4.79 Å². The summed E-state index contributed by atoms with van der Waals surface area (Å²) in [6, 6.07) is 7.96. The Hall–Kier alpha value is -1.88. The molecule has 0 aromatic heterocycles. The first-order valence-electron chi connectivity index (χ1n) is 7.02. The quantitative estimate of drug-likeness (QED) is 0.742. The van der Waals surface area contributed by atoms with Crippen LogP contribution in [-0.4, -0.2) is 29.1 Å². The summed E-state index contributed by atoms with van der Waals surface area (Å²) in [4.78, 5) is 23.2. The molecule has 0 fully saturated rings. The van der Waals surface area contributed by atoms with Crippen LogP contribution in [0.15, 0.2) is 30.3 Å². The monoisotopic (exact) mass is 292 g/mol. The molecule has 1 aromatic rings. The van der Waals surface area contributed by atoms with Gasteiger partial charge in [-0.25, -0.2) is 4.79 Å². The fraction of sp³-hybridized carbons (Fsp3) is 0.500. The Morgan fingerprint density at radius 2 is 1.81 bits per heavy atom. The average molecular weight is 292 g/mol. The lowest BCUT2D eigenvalue weighted by molar-refractivity contribution is -0.141. The van der Waals surface area contributed by atoms with E-state index in [9.17, 15) is 14.7 Å². The third-order valence-electron chi connectivity index (χ3n) is 3.43. The van der Waals surface area contributed by atoms with Crippen LogP contribution in [-0.2, 0) is 16.0 Å². The lowest BCUT2D eigenvalue weighted by Gasteiger charge is -2.27. The number of aliphatic carboxylic acids is 1. The fourth-order valence-electron chi connectivity index (χ4n) is 1.81. The molecule has 116 valence electrons. The first-order valence-corrected chi connectivity index (χ1v) is 7.02. The molecule has 5 nitrogen and oxygen atoms in total. The van der Waals surface area contributed by atoms with E-state index in [1.807, 2.05) is 51.1 Å². The minimum absolute atomic E-state index is 0.113. The normalized spacial score (nSPS) is 14.3. The molecule has 0 aliphatic heterocycles. The Bertz CT molecular complexity index is 480. The molecule has 5 heteroatoms. The molecule has 0 bridgehead atoms. The second-order valence-electron chi connectivity index (χ2n) is 6.32. The lowest BCUT2D eigenvalue weighted by Crippen LogP contribution is -2.46. The number of carboxylic acids is 1. The van der Waals surface area contributed by atoms with Crippen LogP contribution in [0.3, 0.4) is 0 Å². The third kappa shape index (κ3) is 5.95. The van der Waals surface area contributed by atoms with Crippen molar-refractivity contribution in [3.63, 3.8) is 0 Å². The molecule has 0 saturated carbocycles. The number of carbonyl (C=O) groups is 2. The van der Waals surface area contributed by atoms with Gasteiger partial charge in [0, 0.05) is 18.9 Å². The SMILES string of the molecule is CC(C)(C)C(N)CC(=O)N[C@@H](Cc1ccccc1)C(=O)O. The summed E-state index contributed by atoms with van der Waals surface area (Å²) >= 11 is 0. The summed E-state index contributed by atoms with van der Waals surface area (Å²) in [5.41, 5.74) is 6.61. The fourth-order valence-corrected chi connectivity index (χ4v) is 1.81. The maximum Gasteiger partial charge on any atom is 0.326 e. The first kappa shape index (κ1) is 17.2. The van der Waals surface area contributed by atoms with E-state index in [-0.39, 0.29) is 30.2 Å². The van der Waals surface area contributed by atoms with Gasteiger partial charge in [-0.15, -0.1) is 0 Å². The molecular weight excluding hydrogens is 268 g/mol. The van der Waals surface area contributed by atoms with E-state index in [1.54, 1.807) is 0 Å². The summed E-state index contributed by atoms with van der Waals surface area (Å²) in [6.07, 6.45) is 0.370. The average Bonchev–Trinajstić information content (AvgIpc) is 2.37. The second kappa shape index (κ2) is 7.22. The van der Waals surface area contributed by atoms with Crippen molar-refractivity contribution < 1.29 is 14.7 Å². The molecular formula is C16H24N2O3. The van der Waals surface area contributed by atoms with Crippen molar-refractivity contribution >= 4 is 11.9 Å². The first-order chi connectivity index (χ1) is 9.70. The summed E-state index contributed by atoms with van der Waals surface area (Å²) in [7, 11) is 0. The lowest BCUT2D eigenvalue weighted by atomic mass is 9.85. The Morgan fingerprint density at radius 3 is 2.29 bits per heavy atom. The van der Waals surface area contributed by atoms with Crippen LogP contribution in [0.25, 0.3) is 0 Å². The molecule has 0 radical (unpaired) electrons. The van der Waals surface area contributed by atoms with Crippen LogP contribution in [0.1, 0.15) is 32.8 Å². The largest absolute Gasteiger partial charge is 0.480 e. The molecule has 4 N–H and O–H groups in total. The molecule has 0 spiro atoms. The molecule has 21 heavy (non-hydrogen) atoms. The third-order valence-corrected chi connectivity index (χ3v) is 3.43. The van der Waals surface area contributed by atoms with Gasteiger partial charge in [-0.1, -0.05) is 51.1 Å². The molecule has 0 aliphatic rings. The zero-order valence-corrected chi connectivity index (χ0v) is 12.8. The Morgan fingerprint density at radius 1 is 1.24 bits per heavy atom. The van der Waals surface area contributed by atoms with E-state index in [0.29, 0.717) is 0 Å². The Balaban J connectivity index is 2.63. The molecule has 1 rings (SSSR count). The summed E-state index contributed by atoms with van der Waals surface area (Å²) in [5, 5.41) is 11.8. The predicted octanol–water partition coefficient (Wildman–Crippen LogP) is 1.56.